The van der Waals surface area contributed by atoms with Gasteiger partial charge in [-0.1, -0.05) is 11.6 Å². The fourth-order valence-corrected chi connectivity index (χ4v) is 1.54. The van der Waals surface area contributed by atoms with Gasteiger partial charge in [-0.15, -0.1) is 0 Å². The van der Waals surface area contributed by atoms with Crippen LogP contribution in [-0.2, 0) is 0 Å². The Balaban J connectivity index is 2.34. The van der Waals surface area contributed by atoms with E-state index in [1.807, 2.05) is 0 Å². The van der Waals surface area contributed by atoms with Crippen LogP contribution in [0.15, 0.2) is 30.6 Å². The van der Waals surface area contributed by atoms with Crippen LogP contribution in [0.1, 0.15) is 10.4 Å². The highest BCUT2D eigenvalue weighted by Gasteiger charge is 2.20. The molecule has 92 valence electrons. The second-order valence-corrected chi connectivity index (χ2v) is 3.80. The Bertz CT molecular complexity index is 597. The van der Waals surface area contributed by atoms with Crippen LogP contribution in [0, 0.1) is 10.1 Å². The highest BCUT2D eigenvalue weighted by atomic mass is 35.5. The molecule has 1 heterocycles. The van der Waals surface area contributed by atoms with Gasteiger partial charge in [0.25, 0.3) is 11.6 Å². The third kappa shape index (κ3) is 2.46. The van der Waals surface area contributed by atoms with Gasteiger partial charge < -0.3 is 5.32 Å². The molecular weight excluding hydrogens is 260 g/mol. The van der Waals surface area contributed by atoms with Gasteiger partial charge in [-0.2, -0.15) is 5.10 Å². The summed E-state index contributed by atoms with van der Waals surface area (Å²) >= 11 is 5.73. The maximum atomic E-state index is 11.9. The fourth-order valence-electron chi connectivity index (χ4n) is 1.37. The average Bonchev–Trinajstić information content (AvgIpc) is 2.81. The Labute approximate surface area is 106 Å². The molecule has 0 aliphatic rings. The van der Waals surface area contributed by atoms with E-state index in [0.29, 0.717) is 5.69 Å². The van der Waals surface area contributed by atoms with Crippen molar-refractivity contribution in [1.82, 2.24) is 10.2 Å². The van der Waals surface area contributed by atoms with Crippen molar-refractivity contribution in [2.75, 3.05) is 5.32 Å². The first-order valence-electron chi connectivity index (χ1n) is 4.82. The van der Waals surface area contributed by atoms with E-state index >= 15 is 0 Å². The monoisotopic (exact) mass is 266 g/mol. The van der Waals surface area contributed by atoms with Crippen LogP contribution in [0.5, 0.6) is 0 Å². The lowest BCUT2D eigenvalue weighted by Gasteiger charge is -2.03. The third-order valence-electron chi connectivity index (χ3n) is 2.16. The molecule has 2 N–H and O–H groups in total. The second kappa shape index (κ2) is 4.84. The van der Waals surface area contributed by atoms with E-state index < -0.39 is 10.8 Å². The molecule has 0 aliphatic heterocycles. The first-order chi connectivity index (χ1) is 8.58. The van der Waals surface area contributed by atoms with E-state index in [2.05, 4.69) is 15.5 Å². The largest absolute Gasteiger partial charge is 0.319 e. The van der Waals surface area contributed by atoms with Crippen LogP contribution in [0.25, 0.3) is 0 Å². The summed E-state index contributed by atoms with van der Waals surface area (Å²) in [7, 11) is 0. The summed E-state index contributed by atoms with van der Waals surface area (Å²) in [4.78, 5) is 22.0. The molecule has 0 saturated heterocycles. The molecule has 7 nitrogen and oxygen atoms in total. The Morgan fingerprint density at radius 3 is 2.89 bits per heavy atom. The number of amides is 1. The van der Waals surface area contributed by atoms with Gasteiger partial charge in [0, 0.05) is 17.3 Å². The molecule has 0 radical (unpaired) electrons. The Hall–Kier alpha value is -2.41. The number of hydrogen-bond acceptors (Lipinski definition) is 4. The first-order valence-corrected chi connectivity index (χ1v) is 5.20. The molecular formula is C10H7ClN4O3. The first kappa shape index (κ1) is 12.1. The maximum Gasteiger partial charge on any atom is 0.282 e. The molecule has 8 heteroatoms. The summed E-state index contributed by atoms with van der Waals surface area (Å²) in [6.07, 6.45) is 2.84. The summed E-state index contributed by atoms with van der Waals surface area (Å²) < 4.78 is 0. The number of nitro benzene ring substituents is 1. The zero-order valence-corrected chi connectivity index (χ0v) is 9.64. The molecule has 0 fully saturated rings. The number of aromatic nitrogens is 2. The van der Waals surface area contributed by atoms with Crippen molar-refractivity contribution in [1.29, 1.82) is 0 Å². The van der Waals surface area contributed by atoms with Gasteiger partial charge in [-0.05, 0) is 12.1 Å². The molecule has 1 aromatic heterocycles. The quantitative estimate of drug-likeness (QED) is 0.657. The number of H-pyrrole nitrogens is 1. The van der Waals surface area contributed by atoms with E-state index in [-0.39, 0.29) is 16.3 Å². The number of anilines is 1. The van der Waals surface area contributed by atoms with Crippen molar-refractivity contribution >= 4 is 28.9 Å². The fraction of sp³-hybridized carbons (Fsp3) is 0. The van der Waals surface area contributed by atoms with Crippen molar-refractivity contribution in [3.05, 3.63) is 51.3 Å². The molecule has 0 aliphatic carbocycles. The molecule has 0 atom stereocenters. The second-order valence-electron chi connectivity index (χ2n) is 3.36. The van der Waals surface area contributed by atoms with Gasteiger partial charge in [-0.25, -0.2) is 0 Å². The Morgan fingerprint density at radius 1 is 1.50 bits per heavy atom. The summed E-state index contributed by atoms with van der Waals surface area (Å²) in [5.41, 5.74) is 0.00312. The van der Waals surface area contributed by atoms with E-state index in [0.717, 1.165) is 0 Å². The summed E-state index contributed by atoms with van der Waals surface area (Å²) in [5, 5.41) is 19.7. The molecule has 0 saturated carbocycles. The minimum atomic E-state index is -0.638. The number of carbonyl (C=O) groups is 1. The standard InChI is InChI=1S/C10H7ClN4O3/c11-6-1-2-9(15(17)18)8(3-6)10(16)14-7-4-12-13-5-7/h1-5H,(H,12,13)(H,14,16). The van der Waals surface area contributed by atoms with E-state index in [4.69, 9.17) is 11.6 Å². The Morgan fingerprint density at radius 2 is 2.28 bits per heavy atom. The SMILES string of the molecule is O=C(Nc1cn[nH]c1)c1cc(Cl)ccc1[N+](=O)[O-]. The molecule has 2 rings (SSSR count). The zero-order valence-electron chi connectivity index (χ0n) is 8.88. The number of halogens is 1. The minimum Gasteiger partial charge on any atom is -0.319 e. The summed E-state index contributed by atoms with van der Waals surface area (Å²) in [6.45, 7) is 0. The summed E-state index contributed by atoms with van der Waals surface area (Å²) in [6, 6.07) is 3.79. The van der Waals surface area contributed by atoms with Crippen LogP contribution in [0.4, 0.5) is 11.4 Å². The molecule has 1 amide bonds. The van der Waals surface area contributed by atoms with Crippen LogP contribution in [-0.4, -0.2) is 21.0 Å². The van der Waals surface area contributed by atoms with Gasteiger partial charge >= 0.3 is 0 Å². The van der Waals surface area contributed by atoms with Crippen molar-refractivity contribution in [2.45, 2.75) is 0 Å². The maximum absolute atomic E-state index is 11.9. The van der Waals surface area contributed by atoms with E-state index in [1.165, 1.54) is 30.6 Å². The van der Waals surface area contributed by atoms with Gasteiger partial charge in [0.1, 0.15) is 5.56 Å². The highest BCUT2D eigenvalue weighted by molar-refractivity contribution is 6.31. The van der Waals surface area contributed by atoms with Crippen LogP contribution >= 0.6 is 11.6 Å². The number of nitrogens with zero attached hydrogens (tertiary/aromatic N) is 2. The average molecular weight is 267 g/mol. The van der Waals surface area contributed by atoms with Gasteiger partial charge in [0.05, 0.1) is 16.8 Å². The molecule has 0 spiro atoms. The number of carbonyl (C=O) groups excluding carboxylic acids is 1. The third-order valence-corrected chi connectivity index (χ3v) is 2.39. The summed E-state index contributed by atoms with van der Waals surface area (Å²) in [5.74, 6) is -0.620. The number of benzene rings is 1. The normalized spacial score (nSPS) is 10.1. The highest BCUT2D eigenvalue weighted by Crippen LogP contribution is 2.23. The van der Waals surface area contributed by atoms with Crippen LogP contribution in [0.3, 0.4) is 0 Å². The zero-order chi connectivity index (χ0) is 13.1. The number of aromatic amines is 1. The van der Waals surface area contributed by atoms with Crippen molar-refractivity contribution in [3.63, 3.8) is 0 Å². The van der Waals surface area contributed by atoms with Crippen LogP contribution in [0.2, 0.25) is 5.02 Å². The lowest BCUT2D eigenvalue weighted by Crippen LogP contribution is -2.13. The molecule has 2 aromatic rings. The van der Waals surface area contributed by atoms with Crippen molar-refractivity contribution < 1.29 is 9.72 Å². The van der Waals surface area contributed by atoms with Crippen molar-refractivity contribution in [3.8, 4) is 0 Å². The predicted molar refractivity (Wildman–Crippen MR) is 64.6 cm³/mol. The van der Waals surface area contributed by atoms with E-state index in [9.17, 15) is 14.9 Å². The lowest BCUT2D eigenvalue weighted by atomic mass is 10.1. The van der Waals surface area contributed by atoms with Gasteiger partial charge in [-0.3, -0.25) is 20.0 Å². The number of hydrogen-bond donors (Lipinski definition) is 2. The molecule has 1 aromatic carbocycles. The topological polar surface area (TPSA) is 101 Å². The van der Waals surface area contributed by atoms with E-state index in [1.54, 1.807) is 0 Å². The van der Waals surface area contributed by atoms with Crippen molar-refractivity contribution in [2.24, 2.45) is 0 Å². The smallest absolute Gasteiger partial charge is 0.282 e. The molecule has 18 heavy (non-hydrogen) atoms. The minimum absolute atomic E-state index is 0.103. The van der Waals surface area contributed by atoms with Gasteiger partial charge in [0.15, 0.2) is 0 Å². The van der Waals surface area contributed by atoms with Gasteiger partial charge in [0.2, 0.25) is 0 Å². The number of nitro groups is 1. The number of nitrogens with one attached hydrogen (secondary N) is 2. The Kier molecular flexibility index (Phi) is 3.24. The number of rotatable bonds is 3. The lowest BCUT2D eigenvalue weighted by molar-refractivity contribution is -0.385. The van der Waals surface area contributed by atoms with Crippen LogP contribution < -0.4 is 5.32 Å². The molecule has 0 unspecified atom stereocenters. The molecule has 0 bridgehead atoms. The predicted octanol–water partition coefficient (Wildman–Crippen LogP) is 2.22.